The minimum atomic E-state index is -3.63. The quantitative estimate of drug-likeness (QED) is 0.571. The number of methoxy groups -OCH3 is 1. The SMILES string of the molecule is C=CS(=O)(=O)c1ccc(/C(=C\C2CCCCC2)C(=O)OC)cc1Cl. The van der Waals surface area contributed by atoms with E-state index in [0.717, 1.165) is 31.1 Å². The Morgan fingerprint density at radius 3 is 2.50 bits per heavy atom. The summed E-state index contributed by atoms with van der Waals surface area (Å²) >= 11 is 6.12. The highest BCUT2D eigenvalue weighted by Crippen LogP contribution is 2.31. The predicted molar refractivity (Wildman–Crippen MR) is 95.4 cm³/mol. The fraction of sp³-hybridized carbons (Fsp3) is 0.389. The summed E-state index contributed by atoms with van der Waals surface area (Å²) < 4.78 is 28.7. The van der Waals surface area contributed by atoms with Crippen molar-refractivity contribution in [3.05, 3.63) is 46.8 Å². The zero-order valence-corrected chi connectivity index (χ0v) is 15.2. The van der Waals surface area contributed by atoms with Gasteiger partial charge in [-0.05, 0) is 36.5 Å². The number of ether oxygens (including phenoxy) is 1. The molecule has 4 nitrogen and oxygen atoms in total. The Morgan fingerprint density at radius 2 is 1.96 bits per heavy atom. The zero-order valence-electron chi connectivity index (χ0n) is 13.6. The van der Waals surface area contributed by atoms with Crippen molar-refractivity contribution < 1.29 is 17.9 Å². The van der Waals surface area contributed by atoms with Gasteiger partial charge in [-0.15, -0.1) is 0 Å². The molecule has 0 unspecified atom stereocenters. The summed E-state index contributed by atoms with van der Waals surface area (Å²) in [5.74, 6) is -0.126. The molecule has 1 aliphatic rings. The summed E-state index contributed by atoms with van der Waals surface area (Å²) in [7, 11) is -2.30. The Kier molecular flexibility index (Phi) is 6.24. The van der Waals surface area contributed by atoms with Crippen LogP contribution < -0.4 is 0 Å². The van der Waals surface area contributed by atoms with Crippen molar-refractivity contribution in [1.82, 2.24) is 0 Å². The molecule has 0 radical (unpaired) electrons. The molecule has 1 saturated carbocycles. The Hall–Kier alpha value is -1.59. The zero-order chi connectivity index (χ0) is 17.7. The second-order valence-corrected chi connectivity index (χ2v) is 8.10. The van der Waals surface area contributed by atoms with E-state index < -0.39 is 15.8 Å². The summed E-state index contributed by atoms with van der Waals surface area (Å²) in [6, 6.07) is 4.46. The van der Waals surface area contributed by atoms with Crippen LogP contribution in [-0.4, -0.2) is 21.5 Å². The molecule has 1 fully saturated rings. The van der Waals surface area contributed by atoms with E-state index in [4.69, 9.17) is 16.3 Å². The van der Waals surface area contributed by atoms with Crippen LogP contribution in [0, 0.1) is 5.92 Å². The molecule has 2 rings (SSSR count). The first-order valence-electron chi connectivity index (χ1n) is 7.86. The number of halogens is 1. The number of esters is 1. The topological polar surface area (TPSA) is 60.4 Å². The molecule has 24 heavy (non-hydrogen) atoms. The largest absolute Gasteiger partial charge is 0.465 e. The lowest BCUT2D eigenvalue weighted by atomic mass is 9.87. The number of allylic oxidation sites excluding steroid dienone is 1. The van der Waals surface area contributed by atoms with Gasteiger partial charge in [0, 0.05) is 5.41 Å². The van der Waals surface area contributed by atoms with Crippen molar-refractivity contribution >= 4 is 33.0 Å². The molecule has 6 heteroatoms. The van der Waals surface area contributed by atoms with Gasteiger partial charge in [0.05, 0.1) is 22.6 Å². The van der Waals surface area contributed by atoms with Crippen LogP contribution in [0.3, 0.4) is 0 Å². The fourth-order valence-corrected chi connectivity index (χ4v) is 4.19. The van der Waals surface area contributed by atoms with Gasteiger partial charge in [-0.3, -0.25) is 0 Å². The van der Waals surface area contributed by atoms with E-state index in [-0.39, 0.29) is 9.92 Å². The average Bonchev–Trinajstić information content (AvgIpc) is 2.59. The third kappa shape index (κ3) is 4.28. The van der Waals surface area contributed by atoms with Crippen LogP contribution in [0.2, 0.25) is 5.02 Å². The van der Waals surface area contributed by atoms with Gasteiger partial charge >= 0.3 is 5.97 Å². The molecule has 0 bridgehead atoms. The van der Waals surface area contributed by atoms with Crippen molar-refractivity contribution in [2.45, 2.75) is 37.0 Å². The number of hydrogen-bond donors (Lipinski definition) is 0. The summed E-state index contributed by atoms with van der Waals surface area (Å²) in [4.78, 5) is 12.1. The van der Waals surface area contributed by atoms with Gasteiger partial charge in [-0.1, -0.05) is 49.6 Å². The summed E-state index contributed by atoms with van der Waals surface area (Å²) in [5.41, 5.74) is 0.981. The molecule has 130 valence electrons. The van der Waals surface area contributed by atoms with Gasteiger partial charge in [0.15, 0.2) is 0 Å². The maximum atomic E-state index is 12.2. The Morgan fingerprint density at radius 1 is 1.29 bits per heavy atom. The smallest absolute Gasteiger partial charge is 0.338 e. The van der Waals surface area contributed by atoms with E-state index in [1.807, 2.05) is 6.08 Å². The number of benzene rings is 1. The molecule has 0 aromatic heterocycles. The fourth-order valence-electron chi connectivity index (χ4n) is 2.92. The van der Waals surface area contributed by atoms with Crippen molar-refractivity contribution in [2.75, 3.05) is 7.11 Å². The van der Waals surface area contributed by atoms with E-state index in [9.17, 15) is 13.2 Å². The first kappa shape index (κ1) is 18.7. The first-order valence-corrected chi connectivity index (χ1v) is 9.79. The normalized spacial score (nSPS) is 16.7. The van der Waals surface area contributed by atoms with E-state index in [0.29, 0.717) is 17.1 Å². The lowest BCUT2D eigenvalue weighted by Gasteiger charge is -2.19. The van der Waals surface area contributed by atoms with Crippen molar-refractivity contribution in [3.8, 4) is 0 Å². The number of carbonyl (C=O) groups excluding carboxylic acids is 1. The number of rotatable bonds is 5. The van der Waals surface area contributed by atoms with Gasteiger partial charge in [-0.2, -0.15) is 0 Å². The standard InChI is InChI=1S/C18H21ClO4S/c1-3-24(21,22)17-10-9-14(12-16(17)19)15(18(20)23-2)11-13-7-5-4-6-8-13/h3,9-13H,1,4-8H2,2H3/b15-11+. The van der Waals surface area contributed by atoms with Crippen LogP contribution in [0.4, 0.5) is 0 Å². The highest BCUT2D eigenvalue weighted by molar-refractivity contribution is 7.94. The molecular weight excluding hydrogens is 348 g/mol. The summed E-state index contributed by atoms with van der Waals surface area (Å²) in [6.07, 6.45) is 7.52. The Labute approximate surface area is 148 Å². The van der Waals surface area contributed by atoms with Crippen LogP contribution in [0.5, 0.6) is 0 Å². The van der Waals surface area contributed by atoms with Crippen molar-refractivity contribution in [1.29, 1.82) is 0 Å². The summed E-state index contributed by atoms with van der Waals surface area (Å²) in [5, 5.41) is 0.915. The van der Waals surface area contributed by atoms with Crippen molar-refractivity contribution in [3.63, 3.8) is 0 Å². The maximum absolute atomic E-state index is 12.2. The molecule has 1 aliphatic carbocycles. The third-order valence-electron chi connectivity index (χ3n) is 4.23. The number of carbonyl (C=O) groups is 1. The molecule has 0 amide bonds. The predicted octanol–water partition coefficient (Wildman–Crippen LogP) is 4.39. The monoisotopic (exact) mass is 368 g/mol. The first-order chi connectivity index (χ1) is 11.4. The molecule has 1 aromatic carbocycles. The third-order valence-corrected chi connectivity index (χ3v) is 6.06. The Balaban J connectivity index is 2.44. The van der Waals surface area contributed by atoms with E-state index in [1.54, 1.807) is 6.07 Å². The molecular formula is C18H21ClO4S. The minimum Gasteiger partial charge on any atom is -0.465 e. The molecule has 0 heterocycles. The average molecular weight is 369 g/mol. The van der Waals surface area contributed by atoms with E-state index >= 15 is 0 Å². The highest BCUT2D eigenvalue weighted by Gasteiger charge is 2.20. The van der Waals surface area contributed by atoms with E-state index in [2.05, 4.69) is 6.58 Å². The Bertz CT molecular complexity index is 759. The molecule has 1 aromatic rings. The van der Waals surface area contributed by atoms with Crippen molar-refractivity contribution in [2.24, 2.45) is 5.92 Å². The van der Waals surface area contributed by atoms with Crippen LogP contribution >= 0.6 is 11.6 Å². The lowest BCUT2D eigenvalue weighted by Crippen LogP contribution is -2.09. The van der Waals surface area contributed by atoms with Crippen LogP contribution in [0.15, 0.2) is 41.2 Å². The summed E-state index contributed by atoms with van der Waals surface area (Å²) in [6.45, 7) is 3.29. The van der Waals surface area contributed by atoms with Gasteiger partial charge in [-0.25, -0.2) is 13.2 Å². The lowest BCUT2D eigenvalue weighted by molar-refractivity contribution is -0.133. The molecule has 0 spiro atoms. The second-order valence-electron chi connectivity index (χ2n) is 5.83. The molecule has 0 atom stereocenters. The van der Waals surface area contributed by atoms with Gasteiger partial charge in [0.25, 0.3) is 0 Å². The minimum absolute atomic E-state index is 0.0233. The van der Waals surface area contributed by atoms with Crippen LogP contribution in [0.25, 0.3) is 5.57 Å². The van der Waals surface area contributed by atoms with Gasteiger partial charge in [0.1, 0.15) is 0 Å². The molecule has 0 saturated heterocycles. The van der Waals surface area contributed by atoms with E-state index in [1.165, 1.54) is 25.7 Å². The number of sulfone groups is 1. The van der Waals surface area contributed by atoms with Gasteiger partial charge in [0.2, 0.25) is 9.84 Å². The molecule has 0 N–H and O–H groups in total. The van der Waals surface area contributed by atoms with Crippen LogP contribution in [0.1, 0.15) is 37.7 Å². The second kappa shape index (κ2) is 7.99. The molecule has 0 aliphatic heterocycles. The number of hydrogen-bond acceptors (Lipinski definition) is 4. The van der Waals surface area contributed by atoms with Gasteiger partial charge < -0.3 is 4.74 Å². The van der Waals surface area contributed by atoms with Crippen LogP contribution in [-0.2, 0) is 19.4 Å². The maximum Gasteiger partial charge on any atom is 0.338 e. The highest BCUT2D eigenvalue weighted by atomic mass is 35.5.